The molecule has 0 radical (unpaired) electrons. The van der Waals surface area contributed by atoms with Crippen molar-refractivity contribution < 1.29 is 14.5 Å². The maximum absolute atomic E-state index is 12.0. The lowest BCUT2D eigenvalue weighted by Gasteiger charge is -2.19. The summed E-state index contributed by atoms with van der Waals surface area (Å²) in [6.07, 6.45) is 2.24. The van der Waals surface area contributed by atoms with Crippen molar-refractivity contribution in [2.45, 2.75) is 65.6 Å². The van der Waals surface area contributed by atoms with E-state index in [1.807, 2.05) is 45.0 Å². The molecule has 0 unspecified atom stereocenters. The van der Waals surface area contributed by atoms with Crippen molar-refractivity contribution in [1.29, 1.82) is 0 Å². The second-order valence-corrected chi connectivity index (χ2v) is 10.0. The number of anilines is 1. The topological polar surface area (TPSA) is 138 Å². The van der Waals surface area contributed by atoms with Gasteiger partial charge in [-0.1, -0.05) is 37.6 Å². The smallest absolute Gasteiger partial charge is 0.407 e. The number of nitrogens with zero attached hydrogens (tertiary/aromatic N) is 4. The molecule has 10 nitrogen and oxygen atoms in total. The molecule has 3 N–H and O–H groups in total. The number of benzene rings is 2. The highest BCUT2D eigenvalue weighted by molar-refractivity contribution is 6.07. The molecule has 37 heavy (non-hydrogen) atoms. The largest absolute Gasteiger partial charge is 0.444 e. The Morgan fingerprint density at radius 1 is 1.14 bits per heavy atom. The van der Waals surface area contributed by atoms with Gasteiger partial charge in [0, 0.05) is 37.0 Å². The molecule has 2 heterocycles. The molecule has 2 aromatic carbocycles. The van der Waals surface area contributed by atoms with Crippen molar-refractivity contribution >= 4 is 39.5 Å². The van der Waals surface area contributed by atoms with E-state index in [4.69, 9.17) is 15.5 Å². The first-order valence-corrected chi connectivity index (χ1v) is 12.3. The normalized spacial score (nSPS) is 11.7. The molecular weight excluding hydrogens is 472 g/mol. The maximum Gasteiger partial charge on any atom is 0.407 e. The third-order valence-corrected chi connectivity index (χ3v) is 5.93. The summed E-state index contributed by atoms with van der Waals surface area (Å²) >= 11 is 0. The van der Waals surface area contributed by atoms with Crippen LogP contribution in [0.5, 0.6) is 0 Å². The second kappa shape index (κ2) is 10.4. The van der Waals surface area contributed by atoms with Gasteiger partial charge in [0.1, 0.15) is 16.9 Å². The van der Waals surface area contributed by atoms with Crippen LogP contribution in [-0.2, 0) is 24.2 Å². The van der Waals surface area contributed by atoms with Crippen molar-refractivity contribution in [3.05, 3.63) is 69.5 Å². The number of aromatic nitrogens is 3. The van der Waals surface area contributed by atoms with Gasteiger partial charge in [-0.2, -0.15) is 0 Å². The number of nitrogen functional groups attached to an aromatic ring is 1. The fourth-order valence-electron chi connectivity index (χ4n) is 4.19. The molecule has 0 atom stereocenters. The number of carbonyl (C=O) groups is 1. The van der Waals surface area contributed by atoms with Crippen LogP contribution >= 0.6 is 0 Å². The van der Waals surface area contributed by atoms with Crippen LogP contribution in [0.25, 0.3) is 21.9 Å². The van der Waals surface area contributed by atoms with Gasteiger partial charge in [-0.3, -0.25) is 10.1 Å². The van der Waals surface area contributed by atoms with Crippen LogP contribution in [0.3, 0.4) is 0 Å². The number of aryl methyl sites for hydroxylation is 1. The predicted octanol–water partition coefficient (Wildman–Crippen LogP) is 5.49. The Balaban J connectivity index is 1.68. The van der Waals surface area contributed by atoms with Crippen LogP contribution in [0.15, 0.2) is 42.5 Å². The average molecular weight is 505 g/mol. The number of imidazole rings is 1. The van der Waals surface area contributed by atoms with Crippen molar-refractivity contribution in [3.63, 3.8) is 0 Å². The number of non-ortho nitro benzene ring substituents is 1. The number of pyridine rings is 1. The molecule has 4 aromatic rings. The van der Waals surface area contributed by atoms with E-state index in [2.05, 4.69) is 21.8 Å². The van der Waals surface area contributed by atoms with Crippen LogP contribution in [-0.4, -0.2) is 31.2 Å². The van der Waals surface area contributed by atoms with Gasteiger partial charge in [-0.05, 0) is 44.4 Å². The minimum atomic E-state index is -0.555. The Morgan fingerprint density at radius 2 is 1.84 bits per heavy atom. The van der Waals surface area contributed by atoms with E-state index in [1.165, 1.54) is 12.1 Å². The van der Waals surface area contributed by atoms with E-state index in [0.717, 1.165) is 41.7 Å². The lowest BCUT2D eigenvalue weighted by atomic mass is 10.1. The maximum atomic E-state index is 12.0. The molecule has 10 heteroatoms. The van der Waals surface area contributed by atoms with Crippen molar-refractivity contribution in [1.82, 2.24) is 19.9 Å². The van der Waals surface area contributed by atoms with Crippen molar-refractivity contribution in [2.75, 3.05) is 5.73 Å². The first-order valence-electron chi connectivity index (χ1n) is 12.3. The molecule has 4 rings (SSSR count). The molecule has 0 saturated heterocycles. The lowest BCUT2D eigenvalue weighted by molar-refractivity contribution is -0.384. The number of hydrogen-bond acceptors (Lipinski definition) is 7. The highest BCUT2D eigenvalue weighted by atomic mass is 16.6. The molecule has 0 fully saturated rings. The SMILES string of the molecule is CCCCc1nc2c(N)nc3ccc([N+](=O)[O-])cc3c2n1Cc1ccc(CNC(=O)OC(C)(C)C)cc1. The Bertz CT molecular complexity index is 1450. The summed E-state index contributed by atoms with van der Waals surface area (Å²) in [6.45, 7) is 8.44. The van der Waals surface area contributed by atoms with Crippen LogP contribution < -0.4 is 11.1 Å². The van der Waals surface area contributed by atoms with Crippen LogP contribution in [0, 0.1) is 10.1 Å². The lowest BCUT2D eigenvalue weighted by Crippen LogP contribution is -2.32. The van der Waals surface area contributed by atoms with Crippen LogP contribution in [0.4, 0.5) is 16.3 Å². The zero-order valence-corrected chi connectivity index (χ0v) is 21.6. The van der Waals surface area contributed by atoms with E-state index in [-0.39, 0.29) is 5.69 Å². The number of unbranched alkanes of at least 4 members (excludes halogenated alkanes) is 1. The number of amides is 1. The third-order valence-electron chi connectivity index (χ3n) is 5.93. The number of rotatable bonds is 8. The number of ether oxygens (including phenoxy) is 1. The molecule has 2 aromatic heterocycles. The summed E-state index contributed by atoms with van der Waals surface area (Å²) in [5.41, 5.74) is 9.55. The zero-order valence-electron chi connectivity index (χ0n) is 21.6. The number of hydrogen-bond donors (Lipinski definition) is 2. The summed E-state index contributed by atoms with van der Waals surface area (Å²) in [6, 6.07) is 12.5. The molecule has 1 amide bonds. The number of nitrogens with one attached hydrogen (secondary N) is 1. The zero-order chi connectivity index (χ0) is 26.7. The van der Waals surface area contributed by atoms with Gasteiger partial charge in [-0.15, -0.1) is 0 Å². The van der Waals surface area contributed by atoms with E-state index >= 15 is 0 Å². The number of nitro benzene ring substituents is 1. The van der Waals surface area contributed by atoms with Crippen LogP contribution in [0.2, 0.25) is 0 Å². The third kappa shape index (κ3) is 5.96. The van der Waals surface area contributed by atoms with Gasteiger partial charge in [-0.25, -0.2) is 14.8 Å². The minimum absolute atomic E-state index is 0.00919. The Hall–Kier alpha value is -4.21. The number of fused-ring (bicyclic) bond motifs is 3. The summed E-state index contributed by atoms with van der Waals surface area (Å²) in [5, 5.41) is 14.9. The molecular formula is C27H32N6O4. The monoisotopic (exact) mass is 504 g/mol. The Kier molecular flexibility index (Phi) is 7.28. The van der Waals surface area contributed by atoms with Crippen molar-refractivity contribution in [3.8, 4) is 0 Å². The fraction of sp³-hybridized carbons (Fsp3) is 0.370. The van der Waals surface area contributed by atoms with Gasteiger partial charge in [0.2, 0.25) is 0 Å². The van der Waals surface area contributed by atoms with E-state index in [0.29, 0.717) is 35.3 Å². The quantitative estimate of drug-likeness (QED) is 0.239. The average Bonchev–Trinajstić information content (AvgIpc) is 3.20. The molecule has 0 spiro atoms. The molecule has 0 aliphatic carbocycles. The van der Waals surface area contributed by atoms with Gasteiger partial charge in [0.05, 0.1) is 16.0 Å². The molecule has 0 aliphatic rings. The molecule has 0 bridgehead atoms. The van der Waals surface area contributed by atoms with Gasteiger partial charge >= 0.3 is 6.09 Å². The first-order chi connectivity index (χ1) is 17.6. The molecule has 0 aliphatic heterocycles. The predicted molar refractivity (Wildman–Crippen MR) is 143 cm³/mol. The van der Waals surface area contributed by atoms with E-state index in [9.17, 15) is 14.9 Å². The summed E-state index contributed by atoms with van der Waals surface area (Å²) < 4.78 is 7.38. The fourth-order valence-corrected chi connectivity index (χ4v) is 4.19. The summed E-state index contributed by atoms with van der Waals surface area (Å²) in [4.78, 5) is 32.3. The van der Waals surface area contributed by atoms with E-state index < -0.39 is 16.6 Å². The summed E-state index contributed by atoms with van der Waals surface area (Å²) in [5.74, 6) is 1.16. The standard InChI is InChI=1S/C27H32N6O4/c1-5-6-7-22-31-23-24(20-14-19(33(35)36)12-13-21(20)30-25(23)28)32(22)16-18-10-8-17(9-11-18)15-29-26(34)37-27(2,3)4/h8-14H,5-7,15-16H2,1-4H3,(H2,28,30)(H,29,34). The highest BCUT2D eigenvalue weighted by Crippen LogP contribution is 2.32. The van der Waals surface area contributed by atoms with Gasteiger partial charge in [0.25, 0.3) is 5.69 Å². The summed E-state index contributed by atoms with van der Waals surface area (Å²) in [7, 11) is 0. The van der Waals surface area contributed by atoms with Crippen LogP contribution in [0.1, 0.15) is 57.5 Å². The Morgan fingerprint density at radius 3 is 2.49 bits per heavy atom. The molecule has 194 valence electrons. The molecule has 0 saturated carbocycles. The Labute approximate surface area is 215 Å². The number of nitro groups is 1. The first kappa shape index (κ1) is 25.9. The minimum Gasteiger partial charge on any atom is -0.444 e. The van der Waals surface area contributed by atoms with Crippen molar-refractivity contribution in [2.24, 2.45) is 0 Å². The number of alkyl carbamates (subject to hydrolysis) is 1. The van der Waals surface area contributed by atoms with Gasteiger partial charge in [0.15, 0.2) is 5.82 Å². The highest BCUT2D eigenvalue weighted by Gasteiger charge is 2.20. The van der Waals surface area contributed by atoms with Gasteiger partial charge < -0.3 is 20.4 Å². The second-order valence-electron chi connectivity index (χ2n) is 10.0. The number of carbonyl (C=O) groups excluding carboxylic acids is 1. The number of nitrogens with two attached hydrogens (primary N) is 1. The van der Waals surface area contributed by atoms with E-state index in [1.54, 1.807) is 6.07 Å².